The summed E-state index contributed by atoms with van der Waals surface area (Å²) in [6.07, 6.45) is 7.99. The summed E-state index contributed by atoms with van der Waals surface area (Å²) in [4.78, 5) is 6.97. The number of H-pyrrole nitrogens is 1. The van der Waals surface area contributed by atoms with E-state index < -0.39 is 0 Å². The third kappa shape index (κ3) is 3.26. The molecule has 0 aromatic carbocycles. The van der Waals surface area contributed by atoms with Crippen LogP contribution in [0.5, 0.6) is 0 Å². The van der Waals surface area contributed by atoms with Gasteiger partial charge in [-0.1, -0.05) is 32.1 Å². The number of nitrogens with zero attached hydrogens (tertiary/aromatic N) is 3. The average molecular weight is 263 g/mol. The molecule has 2 N–H and O–H groups in total. The number of rotatable bonds is 3. The SMILES string of the molecule is C[C@@H]1CN(c2n[nH]c(CC3CCCCC3)n2)CCN1. The van der Waals surface area contributed by atoms with E-state index in [1.54, 1.807) is 0 Å². The van der Waals surface area contributed by atoms with Crippen LogP contribution in [0.4, 0.5) is 5.95 Å². The molecule has 5 heteroatoms. The third-order valence-corrected chi connectivity index (χ3v) is 4.38. The average Bonchev–Trinajstić information content (AvgIpc) is 2.88. The van der Waals surface area contributed by atoms with Crippen molar-refractivity contribution < 1.29 is 0 Å². The summed E-state index contributed by atoms with van der Waals surface area (Å²) in [5, 5.41) is 11.0. The summed E-state index contributed by atoms with van der Waals surface area (Å²) >= 11 is 0. The zero-order valence-corrected chi connectivity index (χ0v) is 11.9. The zero-order valence-electron chi connectivity index (χ0n) is 11.9. The van der Waals surface area contributed by atoms with E-state index >= 15 is 0 Å². The maximum Gasteiger partial charge on any atom is 0.244 e. The molecule has 106 valence electrons. The second-order valence-electron chi connectivity index (χ2n) is 6.09. The number of hydrogen-bond donors (Lipinski definition) is 2. The van der Waals surface area contributed by atoms with E-state index in [1.807, 2.05) is 0 Å². The lowest BCUT2D eigenvalue weighted by Crippen LogP contribution is -2.49. The van der Waals surface area contributed by atoms with Gasteiger partial charge in [0.1, 0.15) is 5.82 Å². The predicted molar refractivity (Wildman–Crippen MR) is 76.3 cm³/mol. The largest absolute Gasteiger partial charge is 0.337 e. The fraction of sp³-hybridized carbons (Fsp3) is 0.857. The van der Waals surface area contributed by atoms with Crippen molar-refractivity contribution in [2.24, 2.45) is 5.92 Å². The van der Waals surface area contributed by atoms with Crippen LogP contribution in [0.25, 0.3) is 0 Å². The van der Waals surface area contributed by atoms with Gasteiger partial charge in [-0.15, -0.1) is 5.10 Å². The predicted octanol–water partition coefficient (Wildman–Crippen LogP) is 1.73. The molecule has 0 bridgehead atoms. The molecule has 1 aliphatic carbocycles. The number of aromatic nitrogens is 3. The monoisotopic (exact) mass is 263 g/mol. The Kier molecular flexibility index (Phi) is 4.01. The first-order valence-corrected chi connectivity index (χ1v) is 7.71. The number of nitrogens with one attached hydrogen (secondary N) is 2. The Labute approximate surface area is 115 Å². The first-order valence-electron chi connectivity index (χ1n) is 7.71. The Hall–Kier alpha value is -1.10. The normalized spacial score (nSPS) is 25.7. The first kappa shape index (κ1) is 12.9. The van der Waals surface area contributed by atoms with Gasteiger partial charge in [-0.3, -0.25) is 5.10 Å². The van der Waals surface area contributed by atoms with Crippen LogP contribution >= 0.6 is 0 Å². The number of aromatic amines is 1. The lowest BCUT2D eigenvalue weighted by molar-refractivity contribution is 0.352. The van der Waals surface area contributed by atoms with E-state index in [1.165, 1.54) is 32.1 Å². The van der Waals surface area contributed by atoms with Crippen LogP contribution in [0.1, 0.15) is 44.9 Å². The molecule has 2 heterocycles. The van der Waals surface area contributed by atoms with Crippen molar-refractivity contribution in [2.75, 3.05) is 24.5 Å². The standard InChI is InChI=1S/C14H25N5/c1-11-10-19(8-7-15-11)14-16-13(17-18-14)9-12-5-3-2-4-6-12/h11-12,15H,2-10H2,1H3,(H,16,17,18)/t11-/m1/s1. The molecule has 19 heavy (non-hydrogen) atoms. The van der Waals surface area contributed by atoms with Gasteiger partial charge in [0, 0.05) is 32.1 Å². The molecule has 5 nitrogen and oxygen atoms in total. The van der Waals surface area contributed by atoms with Crippen LogP contribution in [0.15, 0.2) is 0 Å². The first-order chi connectivity index (χ1) is 9.31. The summed E-state index contributed by atoms with van der Waals surface area (Å²) in [7, 11) is 0. The molecule has 0 spiro atoms. The van der Waals surface area contributed by atoms with Gasteiger partial charge in [0.15, 0.2) is 0 Å². The highest BCUT2D eigenvalue weighted by atomic mass is 15.4. The summed E-state index contributed by atoms with van der Waals surface area (Å²) in [5.74, 6) is 2.78. The van der Waals surface area contributed by atoms with Gasteiger partial charge in [-0.25, -0.2) is 0 Å². The summed E-state index contributed by atoms with van der Waals surface area (Å²) in [6, 6.07) is 0.522. The number of hydrogen-bond acceptors (Lipinski definition) is 4. The second kappa shape index (κ2) is 5.90. The third-order valence-electron chi connectivity index (χ3n) is 4.38. The van der Waals surface area contributed by atoms with Gasteiger partial charge in [-0.2, -0.15) is 4.98 Å². The van der Waals surface area contributed by atoms with Crippen molar-refractivity contribution in [1.82, 2.24) is 20.5 Å². The fourth-order valence-electron chi connectivity index (χ4n) is 3.30. The smallest absolute Gasteiger partial charge is 0.244 e. The van der Waals surface area contributed by atoms with Crippen LogP contribution < -0.4 is 10.2 Å². The van der Waals surface area contributed by atoms with Gasteiger partial charge in [-0.05, 0) is 12.8 Å². The van der Waals surface area contributed by atoms with E-state index in [0.717, 1.165) is 43.7 Å². The van der Waals surface area contributed by atoms with E-state index in [2.05, 4.69) is 27.3 Å². The molecule has 0 radical (unpaired) electrons. The minimum atomic E-state index is 0.522. The van der Waals surface area contributed by atoms with E-state index in [-0.39, 0.29) is 0 Å². The van der Waals surface area contributed by atoms with Gasteiger partial charge in [0.2, 0.25) is 5.95 Å². The van der Waals surface area contributed by atoms with Crippen molar-refractivity contribution in [3.63, 3.8) is 0 Å². The molecular formula is C14H25N5. The van der Waals surface area contributed by atoms with Gasteiger partial charge < -0.3 is 10.2 Å². The number of anilines is 1. The number of piperazine rings is 1. The molecule has 1 aromatic rings. The molecule has 1 atom stereocenters. The minimum Gasteiger partial charge on any atom is -0.337 e. The van der Waals surface area contributed by atoms with Crippen molar-refractivity contribution in [2.45, 2.75) is 51.5 Å². The fourth-order valence-corrected chi connectivity index (χ4v) is 3.30. The molecule has 2 fully saturated rings. The van der Waals surface area contributed by atoms with Crippen LogP contribution in [0, 0.1) is 5.92 Å². The highest BCUT2D eigenvalue weighted by Crippen LogP contribution is 2.26. The topological polar surface area (TPSA) is 56.8 Å². The van der Waals surface area contributed by atoms with Crippen molar-refractivity contribution >= 4 is 5.95 Å². The molecule has 2 aliphatic rings. The Balaban J connectivity index is 1.59. The molecule has 0 unspecified atom stereocenters. The molecule has 0 amide bonds. The quantitative estimate of drug-likeness (QED) is 0.872. The Morgan fingerprint density at radius 3 is 2.89 bits per heavy atom. The van der Waals surface area contributed by atoms with E-state index in [4.69, 9.17) is 4.98 Å². The molecule has 1 aliphatic heterocycles. The minimum absolute atomic E-state index is 0.522. The van der Waals surface area contributed by atoms with Crippen molar-refractivity contribution in [3.05, 3.63) is 5.82 Å². The molecule has 1 saturated heterocycles. The van der Waals surface area contributed by atoms with Crippen LogP contribution in [-0.4, -0.2) is 40.9 Å². The van der Waals surface area contributed by atoms with Crippen LogP contribution in [0.3, 0.4) is 0 Å². The zero-order chi connectivity index (χ0) is 13.1. The Morgan fingerprint density at radius 1 is 1.26 bits per heavy atom. The molecule has 1 aromatic heterocycles. The maximum atomic E-state index is 4.69. The Morgan fingerprint density at radius 2 is 2.11 bits per heavy atom. The van der Waals surface area contributed by atoms with Crippen molar-refractivity contribution in [1.29, 1.82) is 0 Å². The van der Waals surface area contributed by atoms with Gasteiger partial charge in [0.25, 0.3) is 0 Å². The summed E-state index contributed by atoms with van der Waals surface area (Å²) in [5.41, 5.74) is 0. The molecule has 1 saturated carbocycles. The van der Waals surface area contributed by atoms with Crippen LogP contribution in [0.2, 0.25) is 0 Å². The molecule has 3 rings (SSSR count). The highest BCUT2D eigenvalue weighted by molar-refractivity contribution is 5.30. The molecular weight excluding hydrogens is 238 g/mol. The highest BCUT2D eigenvalue weighted by Gasteiger charge is 2.20. The lowest BCUT2D eigenvalue weighted by Gasteiger charge is -2.30. The van der Waals surface area contributed by atoms with Crippen LogP contribution in [-0.2, 0) is 6.42 Å². The summed E-state index contributed by atoms with van der Waals surface area (Å²) in [6.45, 7) is 5.24. The van der Waals surface area contributed by atoms with E-state index in [9.17, 15) is 0 Å². The van der Waals surface area contributed by atoms with Crippen molar-refractivity contribution in [3.8, 4) is 0 Å². The lowest BCUT2D eigenvalue weighted by atomic mass is 9.87. The second-order valence-corrected chi connectivity index (χ2v) is 6.09. The van der Waals surface area contributed by atoms with Gasteiger partial charge >= 0.3 is 0 Å². The van der Waals surface area contributed by atoms with Gasteiger partial charge in [0.05, 0.1) is 0 Å². The van der Waals surface area contributed by atoms with E-state index in [0.29, 0.717) is 6.04 Å². The summed E-state index contributed by atoms with van der Waals surface area (Å²) < 4.78 is 0. The maximum absolute atomic E-state index is 4.69. The Bertz CT molecular complexity index is 396.